The van der Waals surface area contributed by atoms with Crippen LogP contribution >= 0.6 is 0 Å². The fourth-order valence-electron chi connectivity index (χ4n) is 1.21. The molecule has 0 aliphatic carbocycles. The van der Waals surface area contributed by atoms with Crippen molar-refractivity contribution < 1.29 is 23.9 Å². The number of ether oxygens (including phenoxy) is 2. The second kappa shape index (κ2) is 8.32. The van der Waals surface area contributed by atoms with Crippen LogP contribution in [0.4, 0.5) is 9.59 Å². The summed E-state index contributed by atoms with van der Waals surface area (Å²) in [7, 11) is 0. The number of carbonyl (C=O) groups is 3. The first kappa shape index (κ1) is 16.2. The highest BCUT2D eigenvalue weighted by Gasteiger charge is 2.29. The van der Waals surface area contributed by atoms with E-state index in [2.05, 4.69) is 10.2 Å². The Bertz CT molecular complexity index is 293. The summed E-state index contributed by atoms with van der Waals surface area (Å²) in [6.07, 6.45) is -1.03. The van der Waals surface area contributed by atoms with Gasteiger partial charge in [-0.3, -0.25) is 0 Å². The van der Waals surface area contributed by atoms with E-state index in [1.54, 1.807) is 27.7 Å². The largest absolute Gasteiger partial charge is 0.449 e. The predicted molar refractivity (Wildman–Crippen MR) is 63.7 cm³/mol. The quantitative estimate of drug-likeness (QED) is 0.595. The van der Waals surface area contributed by atoms with E-state index in [0.29, 0.717) is 6.29 Å². The number of nitrogens with zero attached hydrogens (tertiary/aromatic N) is 1. The van der Waals surface area contributed by atoms with Crippen molar-refractivity contribution in [2.45, 2.75) is 33.7 Å². The van der Waals surface area contributed by atoms with Crippen molar-refractivity contribution in [2.24, 2.45) is 5.92 Å². The van der Waals surface area contributed by atoms with Crippen LogP contribution in [0, 0.1) is 5.92 Å². The lowest BCUT2D eigenvalue weighted by Crippen LogP contribution is -2.54. The summed E-state index contributed by atoms with van der Waals surface area (Å²) in [6.45, 7) is 7.06. The SMILES string of the molecule is CCOC(=O)NN(C(=O)OCC)[C@@H](C=O)C(C)C. The zero-order valence-electron chi connectivity index (χ0n) is 11.1. The van der Waals surface area contributed by atoms with Crippen molar-refractivity contribution in [1.29, 1.82) is 0 Å². The molecule has 0 aromatic carbocycles. The molecule has 0 fully saturated rings. The van der Waals surface area contributed by atoms with Crippen LogP contribution in [-0.2, 0) is 14.3 Å². The molecule has 0 rings (SSSR count). The van der Waals surface area contributed by atoms with Crippen molar-refractivity contribution in [3.05, 3.63) is 0 Å². The fraction of sp³-hybridized carbons (Fsp3) is 0.727. The van der Waals surface area contributed by atoms with Crippen molar-refractivity contribution in [3.8, 4) is 0 Å². The third-order valence-corrected chi connectivity index (χ3v) is 2.07. The summed E-state index contributed by atoms with van der Waals surface area (Å²) in [5, 5.41) is 0.846. The predicted octanol–water partition coefficient (Wildman–Crippen LogP) is 1.33. The highest BCUT2D eigenvalue weighted by molar-refractivity contribution is 5.77. The molecule has 7 heteroatoms. The molecule has 0 radical (unpaired) electrons. The van der Waals surface area contributed by atoms with Gasteiger partial charge < -0.3 is 14.3 Å². The molecule has 0 unspecified atom stereocenters. The van der Waals surface area contributed by atoms with Gasteiger partial charge in [0.2, 0.25) is 0 Å². The first-order valence-corrected chi connectivity index (χ1v) is 5.82. The van der Waals surface area contributed by atoms with Gasteiger partial charge in [0.1, 0.15) is 12.3 Å². The molecule has 0 spiro atoms. The average Bonchev–Trinajstić information content (AvgIpc) is 2.28. The summed E-state index contributed by atoms with van der Waals surface area (Å²) in [5.41, 5.74) is 2.20. The number of amides is 2. The maximum absolute atomic E-state index is 11.7. The van der Waals surface area contributed by atoms with E-state index in [0.717, 1.165) is 5.01 Å². The van der Waals surface area contributed by atoms with Crippen molar-refractivity contribution in [3.63, 3.8) is 0 Å². The van der Waals surface area contributed by atoms with Gasteiger partial charge in [0.15, 0.2) is 0 Å². The van der Waals surface area contributed by atoms with Crippen LogP contribution in [0.5, 0.6) is 0 Å². The number of carbonyl (C=O) groups excluding carboxylic acids is 3. The maximum atomic E-state index is 11.7. The van der Waals surface area contributed by atoms with Crippen LogP contribution in [0.15, 0.2) is 0 Å². The molecule has 18 heavy (non-hydrogen) atoms. The third-order valence-electron chi connectivity index (χ3n) is 2.07. The zero-order chi connectivity index (χ0) is 14.1. The zero-order valence-corrected chi connectivity index (χ0v) is 11.1. The number of hydrogen-bond acceptors (Lipinski definition) is 5. The summed E-state index contributed by atoms with van der Waals surface area (Å²) in [5.74, 6) is -0.172. The number of aldehydes is 1. The molecular weight excluding hydrogens is 240 g/mol. The van der Waals surface area contributed by atoms with Gasteiger partial charge in [-0.25, -0.2) is 20.0 Å². The van der Waals surface area contributed by atoms with E-state index in [1.807, 2.05) is 0 Å². The van der Waals surface area contributed by atoms with Crippen molar-refractivity contribution in [2.75, 3.05) is 13.2 Å². The van der Waals surface area contributed by atoms with Crippen LogP contribution < -0.4 is 5.43 Å². The van der Waals surface area contributed by atoms with Gasteiger partial charge in [0.05, 0.1) is 13.2 Å². The minimum Gasteiger partial charge on any atom is -0.449 e. The van der Waals surface area contributed by atoms with Gasteiger partial charge in [-0.05, 0) is 19.8 Å². The highest BCUT2D eigenvalue weighted by atomic mass is 16.6. The van der Waals surface area contributed by atoms with E-state index in [9.17, 15) is 14.4 Å². The second-order valence-electron chi connectivity index (χ2n) is 3.77. The lowest BCUT2D eigenvalue weighted by atomic mass is 10.1. The molecule has 0 aromatic heterocycles. The summed E-state index contributed by atoms with van der Waals surface area (Å²) < 4.78 is 9.43. The summed E-state index contributed by atoms with van der Waals surface area (Å²) >= 11 is 0. The Hall–Kier alpha value is -1.79. The molecule has 0 aromatic rings. The van der Waals surface area contributed by atoms with Crippen LogP contribution in [0.2, 0.25) is 0 Å². The van der Waals surface area contributed by atoms with Gasteiger partial charge >= 0.3 is 12.2 Å². The molecule has 1 atom stereocenters. The standard InChI is InChI=1S/C11H20N2O5/c1-5-17-10(15)12-13(11(16)18-6-2)9(7-14)8(3)4/h7-9H,5-6H2,1-4H3,(H,12,15)/t9-/m0/s1. The number of nitrogens with one attached hydrogen (secondary N) is 1. The Morgan fingerprint density at radius 1 is 1.22 bits per heavy atom. The lowest BCUT2D eigenvalue weighted by molar-refractivity contribution is -0.114. The van der Waals surface area contributed by atoms with E-state index in [1.165, 1.54) is 0 Å². The van der Waals surface area contributed by atoms with E-state index in [-0.39, 0.29) is 19.1 Å². The Morgan fingerprint density at radius 2 is 1.78 bits per heavy atom. The van der Waals surface area contributed by atoms with E-state index >= 15 is 0 Å². The fourth-order valence-corrected chi connectivity index (χ4v) is 1.21. The number of hydrogen-bond donors (Lipinski definition) is 1. The molecule has 104 valence electrons. The van der Waals surface area contributed by atoms with Crippen molar-refractivity contribution in [1.82, 2.24) is 10.4 Å². The third kappa shape index (κ3) is 5.03. The molecule has 1 N–H and O–H groups in total. The smallest absolute Gasteiger partial charge is 0.429 e. The lowest BCUT2D eigenvalue weighted by Gasteiger charge is -2.29. The Morgan fingerprint density at radius 3 is 2.17 bits per heavy atom. The molecule has 0 heterocycles. The molecular formula is C11H20N2O5. The first-order chi connectivity index (χ1) is 8.47. The topological polar surface area (TPSA) is 84.9 Å². The van der Waals surface area contributed by atoms with Gasteiger partial charge in [0, 0.05) is 0 Å². The van der Waals surface area contributed by atoms with Crippen LogP contribution in [-0.4, -0.2) is 42.7 Å². The highest BCUT2D eigenvalue weighted by Crippen LogP contribution is 2.08. The van der Waals surface area contributed by atoms with Crippen LogP contribution in [0.25, 0.3) is 0 Å². The molecule has 0 aliphatic heterocycles. The Labute approximate surface area is 106 Å². The minimum atomic E-state index is -0.812. The monoisotopic (exact) mass is 260 g/mol. The van der Waals surface area contributed by atoms with Gasteiger partial charge in [0.25, 0.3) is 0 Å². The molecule has 7 nitrogen and oxygen atoms in total. The Balaban J connectivity index is 4.85. The molecule has 2 amide bonds. The second-order valence-corrected chi connectivity index (χ2v) is 3.77. The number of hydrazine groups is 1. The Kier molecular flexibility index (Phi) is 7.50. The molecule has 0 bridgehead atoms. The minimum absolute atomic E-state index is 0.142. The molecule has 0 saturated heterocycles. The first-order valence-electron chi connectivity index (χ1n) is 5.82. The normalized spacial score (nSPS) is 11.6. The molecule has 0 saturated carbocycles. The van der Waals surface area contributed by atoms with E-state index < -0.39 is 18.2 Å². The molecule has 0 aliphatic rings. The van der Waals surface area contributed by atoms with Crippen LogP contribution in [0.3, 0.4) is 0 Å². The summed E-state index contributed by atoms with van der Waals surface area (Å²) in [4.78, 5) is 34.0. The van der Waals surface area contributed by atoms with Crippen LogP contribution in [0.1, 0.15) is 27.7 Å². The van der Waals surface area contributed by atoms with Crippen molar-refractivity contribution >= 4 is 18.5 Å². The number of rotatable bonds is 5. The van der Waals surface area contributed by atoms with Gasteiger partial charge in [-0.2, -0.15) is 0 Å². The maximum Gasteiger partial charge on any atom is 0.429 e. The summed E-state index contributed by atoms with van der Waals surface area (Å²) in [6, 6.07) is -0.812. The average molecular weight is 260 g/mol. The van der Waals surface area contributed by atoms with E-state index in [4.69, 9.17) is 4.74 Å². The van der Waals surface area contributed by atoms with Gasteiger partial charge in [-0.15, -0.1) is 0 Å². The van der Waals surface area contributed by atoms with Gasteiger partial charge in [-0.1, -0.05) is 13.8 Å².